The van der Waals surface area contributed by atoms with Crippen LogP contribution in [0.15, 0.2) is 30.3 Å². The molecule has 3 aliphatic rings. The van der Waals surface area contributed by atoms with Gasteiger partial charge in [-0.25, -0.2) is 18.2 Å². The van der Waals surface area contributed by atoms with Crippen LogP contribution in [-0.2, 0) is 0 Å². The van der Waals surface area contributed by atoms with Crippen LogP contribution >= 0.6 is 0 Å². The highest BCUT2D eigenvalue weighted by atomic mass is 19.3. The van der Waals surface area contributed by atoms with E-state index in [0.29, 0.717) is 35.1 Å². The second kappa shape index (κ2) is 9.36. The first-order chi connectivity index (χ1) is 20.1. The van der Waals surface area contributed by atoms with Gasteiger partial charge < -0.3 is 19.6 Å². The number of nitrogens with one attached hydrogen (secondary N) is 1. The molecule has 4 aromatic rings. The van der Waals surface area contributed by atoms with E-state index in [1.54, 1.807) is 31.3 Å². The molecule has 3 atom stereocenters. The molecule has 8 nitrogen and oxygen atoms in total. The number of phenols is 1. The Labute approximate surface area is 239 Å². The van der Waals surface area contributed by atoms with E-state index in [9.17, 15) is 13.9 Å². The third-order valence-electron chi connectivity index (χ3n) is 8.85. The molecule has 3 heterocycles. The van der Waals surface area contributed by atoms with Gasteiger partial charge in [-0.05, 0) is 49.3 Å². The number of halogens is 3. The minimum atomic E-state index is -2.72. The van der Waals surface area contributed by atoms with Gasteiger partial charge >= 0.3 is 6.01 Å². The van der Waals surface area contributed by atoms with E-state index in [2.05, 4.69) is 26.4 Å². The first-order valence-electron chi connectivity index (χ1n) is 13.9. The molecule has 2 aromatic heterocycles. The average Bonchev–Trinajstić information content (AvgIpc) is 3.13. The first-order valence-corrected chi connectivity index (χ1v) is 13.9. The lowest BCUT2D eigenvalue weighted by atomic mass is 9.62. The van der Waals surface area contributed by atoms with Crippen LogP contribution in [0.1, 0.15) is 38.2 Å². The van der Waals surface area contributed by atoms with E-state index in [1.165, 1.54) is 6.07 Å². The fraction of sp³-hybridized carbons (Fsp3) is 0.387. The van der Waals surface area contributed by atoms with E-state index in [4.69, 9.17) is 16.0 Å². The fourth-order valence-corrected chi connectivity index (χ4v) is 6.81. The molecule has 1 aliphatic heterocycles. The van der Waals surface area contributed by atoms with Gasteiger partial charge in [0.05, 0.1) is 12.6 Å². The molecule has 216 valence electrons. The summed E-state index contributed by atoms with van der Waals surface area (Å²) in [5.41, 5.74) is 2.78. The van der Waals surface area contributed by atoms with E-state index in [1.807, 2.05) is 11.8 Å². The van der Waals surface area contributed by atoms with Crippen LogP contribution in [0.2, 0.25) is 0 Å². The molecule has 2 saturated carbocycles. The molecule has 2 aliphatic carbocycles. The van der Waals surface area contributed by atoms with Gasteiger partial charge in [-0.1, -0.05) is 18.1 Å². The number of hydrogen-bond donors (Lipinski definition) is 2. The van der Waals surface area contributed by atoms with Gasteiger partial charge in [-0.15, -0.1) is 6.42 Å². The van der Waals surface area contributed by atoms with Crippen LogP contribution in [0.5, 0.6) is 17.6 Å². The van der Waals surface area contributed by atoms with Crippen LogP contribution in [0.25, 0.3) is 32.9 Å². The summed E-state index contributed by atoms with van der Waals surface area (Å²) in [4.78, 5) is 21.3. The van der Waals surface area contributed by atoms with Crippen molar-refractivity contribution in [1.29, 1.82) is 0 Å². The number of aromatic nitrogens is 3. The average molecular weight is 576 g/mol. The number of nitrogens with zero attached hydrogens (tertiary/aromatic N) is 4. The van der Waals surface area contributed by atoms with Gasteiger partial charge in [-0.3, -0.25) is 0 Å². The number of terminal acetylenes is 1. The molecule has 7 rings (SSSR count). The van der Waals surface area contributed by atoms with Gasteiger partial charge in [-0.2, -0.15) is 15.4 Å². The maximum absolute atomic E-state index is 16.6. The zero-order valence-corrected chi connectivity index (χ0v) is 23.0. The minimum Gasteiger partial charge on any atom is -0.508 e. The Morgan fingerprint density at radius 2 is 2.07 bits per heavy atom. The molecule has 0 bridgehead atoms. The number of aromatic hydroxyl groups is 1. The van der Waals surface area contributed by atoms with Crippen molar-refractivity contribution in [3.8, 4) is 41.2 Å². The van der Waals surface area contributed by atoms with Crippen molar-refractivity contribution in [3.05, 3.63) is 41.7 Å². The third-order valence-corrected chi connectivity index (χ3v) is 8.85. The van der Waals surface area contributed by atoms with Crippen molar-refractivity contribution >= 4 is 27.5 Å². The van der Waals surface area contributed by atoms with Crippen molar-refractivity contribution < 1.29 is 27.9 Å². The van der Waals surface area contributed by atoms with Crippen LogP contribution in [-0.4, -0.2) is 52.2 Å². The Morgan fingerprint density at radius 1 is 1.24 bits per heavy atom. The number of likely N-dealkylation sites (N-methyl/N-ethyl adjacent to an activating group) is 1. The van der Waals surface area contributed by atoms with Gasteiger partial charge in [0.1, 0.15) is 28.2 Å². The van der Waals surface area contributed by atoms with Crippen LogP contribution < -0.4 is 20.0 Å². The highest BCUT2D eigenvalue weighted by Gasteiger charge is 2.61. The molecule has 0 saturated heterocycles. The molecule has 3 unspecified atom stereocenters. The van der Waals surface area contributed by atoms with Crippen molar-refractivity contribution in [3.63, 3.8) is 0 Å². The predicted molar refractivity (Wildman–Crippen MR) is 151 cm³/mol. The summed E-state index contributed by atoms with van der Waals surface area (Å²) in [5.74, 6) is -0.744. The Kier molecular flexibility index (Phi) is 5.92. The number of benzene rings is 2. The van der Waals surface area contributed by atoms with E-state index in [0.717, 1.165) is 6.42 Å². The van der Waals surface area contributed by atoms with Crippen LogP contribution in [0.4, 0.5) is 19.0 Å². The number of rotatable bonds is 4. The second-order valence-corrected chi connectivity index (χ2v) is 11.8. The second-order valence-electron chi connectivity index (χ2n) is 11.8. The van der Waals surface area contributed by atoms with Crippen LogP contribution in [0.3, 0.4) is 0 Å². The molecular weight excluding hydrogens is 547 g/mol. The highest BCUT2D eigenvalue weighted by Crippen LogP contribution is 2.62. The Hall–Kier alpha value is -4.30. The van der Waals surface area contributed by atoms with Gasteiger partial charge in [0.2, 0.25) is 5.92 Å². The van der Waals surface area contributed by atoms with Crippen molar-refractivity contribution in [2.75, 3.05) is 25.1 Å². The molecule has 0 amide bonds. The molecule has 2 N–H and O–H groups in total. The van der Waals surface area contributed by atoms with Gasteiger partial charge in [0.15, 0.2) is 5.82 Å². The molecular formula is C31H28F3N5O3. The van der Waals surface area contributed by atoms with Crippen molar-refractivity contribution in [1.82, 2.24) is 20.4 Å². The van der Waals surface area contributed by atoms with Gasteiger partial charge in [0.25, 0.3) is 5.88 Å². The number of alkyl halides is 2. The van der Waals surface area contributed by atoms with Gasteiger partial charge in [0, 0.05) is 48.4 Å². The number of hydrogen-bond acceptors (Lipinski definition) is 8. The minimum absolute atomic E-state index is 0.0194. The zero-order valence-electron chi connectivity index (χ0n) is 23.0. The summed E-state index contributed by atoms with van der Waals surface area (Å²) in [7, 11) is 1.80. The lowest BCUT2D eigenvalue weighted by Crippen LogP contribution is -2.42. The number of pyridine rings is 1. The lowest BCUT2D eigenvalue weighted by Gasteiger charge is -2.43. The quantitative estimate of drug-likeness (QED) is 0.304. The molecule has 2 aromatic carbocycles. The summed E-state index contributed by atoms with van der Waals surface area (Å²) in [5, 5.41) is 11.9. The standard InChI is InChI=1S/C31H28F3N5O3/c1-4-17-6-5-7-18-10-20(40)11-21(22(17)18)25-24(32)26-23-27(39(3)13-16(2)38-42-28(23)35-25)37-29(36-26)41-15-30-9-8-19(30)12-31(33,34)14-30/h1,5-7,10-11,16,19,38,40H,8-9,12-15H2,2-3H3. The lowest BCUT2D eigenvalue weighted by molar-refractivity contribution is -0.0221. The molecule has 11 heteroatoms. The zero-order chi connectivity index (χ0) is 29.4. The van der Waals surface area contributed by atoms with Crippen molar-refractivity contribution in [2.45, 2.75) is 44.6 Å². The number of hydroxylamine groups is 1. The SMILES string of the molecule is C#Cc1cccc2cc(O)cc(-c3nc4c5c(nc(OCC67CCC6CC(F)(F)C7)nc5c3F)N(C)CC(C)NO4)c12. The molecule has 0 radical (unpaired) electrons. The molecule has 42 heavy (non-hydrogen) atoms. The summed E-state index contributed by atoms with van der Waals surface area (Å²) >= 11 is 0. The fourth-order valence-electron chi connectivity index (χ4n) is 6.81. The topological polar surface area (TPSA) is 92.6 Å². The van der Waals surface area contributed by atoms with E-state index >= 15 is 4.39 Å². The normalized spacial score (nSPS) is 24.3. The summed E-state index contributed by atoms with van der Waals surface area (Å²) in [6, 6.07) is 7.89. The number of anilines is 1. The summed E-state index contributed by atoms with van der Waals surface area (Å²) in [6.45, 7) is 2.38. The largest absolute Gasteiger partial charge is 0.508 e. The Bertz CT molecular complexity index is 1810. The summed E-state index contributed by atoms with van der Waals surface area (Å²) in [6.07, 6.45) is 6.77. The number of phenolic OH excluding ortho intramolecular Hbond substituents is 1. The smallest absolute Gasteiger partial charge is 0.319 e. The van der Waals surface area contributed by atoms with E-state index < -0.39 is 17.2 Å². The van der Waals surface area contributed by atoms with Crippen LogP contribution in [0, 0.1) is 29.5 Å². The maximum Gasteiger partial charge on any atom is 0.319 e. The van der Waals surface area contributed by atoms with Crippen molar-refractivity contribution in [2.24, 2.45) is 11.3 Å². The summed E-state index contributed by atoms with van der Waals surface area (Å²) < 4.78 is 51.2. The Morgan fingerprint density at radius 3 is 2.81 bits per heavy atom. The first kappa shape index (κ1) is 26.6. The highest BCUT2D eigenvalue weighted by molar-refractivity contribution is 6.04. The monoisotopic (exact) mass is 575 g/mol. The maximum atomic E-state index is 16.6. The van der Waals surface area contributed by atoms with E-state index in [-0.39, 0.29) is 71.2 Å². The number of ether oxygens (including phenoxy) is 1. The Balaban J connectivity index is 1.42. The predicted octanol–water partition coefficient (Wildman–Crippen LogP) is 5.60. The molecule has 2 fully saturated rings. The number of fused-ring (bicyclic) bond motifs is 2. The third kappa shape index (κ3) is 4.16. The molecule has 0 spiro atoms.